The topological polar surface area (TPSA) is 23.9 Å². The molecule has 0 spiro atoms. The zero-order valence-electron chi connectivity index (χ0n) is 16.9. The molecular formula is C24H31NS. The molecule has 0 bridgehead atoms. The zero-order valence-corrected chi connectivity index (χ0v) is 17.7. The summed E-state index contributed by atoms with van der Waals surface area (Å²) >= 11 is 1.72. The Labute approximate surface area is 163 Å². The molecule has 1 heterocycles. The number of allylic oxidation sites excluding steroid dienone is 7. The Morgan fingerprint density at radius 3 is 2.27 bits per heavy atom. The van der Waals surface area contributed by atoms with Crippen molar-refractivity contribution in [1.29, 1.82) is 5.41 Å². The molecule has 1 aromatic carbocycles. The maximum absolute atomic E-state index is 8.26. The summed E-state index contributed by atoms with van der Waals surface area (Å²) in [6.07, 6.45) is 9.78. The van der Waals surface area contributed by atoms with Crippen LogP contribution in [0, 0.1) is 5.41 Å². The lowest BCUT2D eigenvalue weighted by atomic mass is 9.98. The second-order valence-electron chi connectivity index (χ2n) is 6.86. The summed E-state index contributed by atoms with van der Waals surface area (Å²) in [5.41, 5.74) is 4.34. The molecular weight excluding hydrogens is 334 g/mol. The van der Waals surface area contributed by atoms with E-state index in [1.807, 2.05) is 38.2 Å². The Hall–Kier alpha value is -2.19. The van der Waals surface area contributed by atoms with E-state index >= 15 is 0 Å². The Balaban J connectivity index is 0.000000412. The molecule has 2 aromatic rings. The molecule has 0 aliphatic heterocycles. The first-order chi connectivity index (χ1) is 12.3. The summed E-state index contributed by atoms with van der Waals surface area (Å²) in [6, 6.07) is 8.43. The Morgan fingerprint density at radius 1 is 1.12 bits per heavy atom. The fourth-order valence-corrected chi connectivity index (χ4v) is 3.96. The van der Waals surface area contributed by atoms with Gasteiger partial charge in [-0.3, -0.25) is 5.41 Å². The van der Waals surface area contributed by atoms with E-state index in [1.165, 1.54) is 21.2 Å². The van der Waals surface area contributed by atoms with E-state index in [0.717, 1.165) is 10.5 Å². The standard InChI is InChI=1S/C17H19NS.C7H12/c1-4-5-6-10-14(18)17-16(12(2)3)13-9-7-8-11-15(13)19-17;1-6(2)5-7(3)4/h4-12,18H,1-3H3;5H,1H2,2-4H3/b5-4+,10-6-,18-14?;. The average Bonchev–Trinajstić information content (AvgIpc) is 2.94. The van der Waals surface area contributed by atoms with Gasteiger partial charge in [-0.2, -0.15) is 0 Å². The maximum Gasteiger partial charge on any atom is 0.0715 e. The van der Waals surface area contributed by atoms with Crippen LogP contribution in [0.1, 0.15) is 57.9 Å². The third-order valence-corrected chi connectivity index (χ3v) is 4.78. The fourth-order valence-electron chi connectivity index (χ4n) is 2.67. The minimum absolute atomic E-state index is 0.432. The summed E-state index contributed by atoms with van der Waals surface area (Å²) in [5.74, 6) is 0.432. The van der Waals surface area contributed by atoms with Crippen molar-refractivity contribution in [2.75, 3.05) is 0 Å². The van der Waals surface area contributed by atoms with Crippen LogP contribution in [0.4, 0.5) is 0 Å². The van der Waals surface area contributed by atoms with Crippen LogP contribution in [0.15, 0.2) is 72.4 Å². The highest BCUT2D eigenvalue weighted by Crippen LogP contribution is 2.36. The van der Waals surface area contributed by atoms with Gasteiger partial charge in [0.1, 0.15) is 0 Å². The van der Waals surface area contributed by atoms with Crippen LogP contribution in [-0.2, 0) is 0 Å². The van der Waals surface area contributed by atoms with E-state index in [0.29, 0.717) is 11.6 Å². The molecule has 1 nitrogen and oxygen atoms in total. The number of thiophene rings is 1. The molecule has 1 N–H and O–H groups in total. The molecule has 2 rings (SSSR count). The van der Waals surface area contributed by atoms with Crippen molar-refractivity contribution in [2.45, 2.75) is 47.5 Å². The molecule has 26 heavy (non-hydrogen) atoms. The van der Waals surface area contributed by atoms with Crippen molar-refractivity contribution in [3.05, 3.63) is 82.8 Å². The third kappa shape index (κ3) is 6.61. The molecule has 0 saturated carbocycles. The molecule has 0 aliphatic carbocycles. The number of benzene rings is 1. The molecule has 0 aliphatic rings. The van der Waals surface area contributed by atoms with Gasteiger partial charge in [0.2, 0.25) is 0 Å². The Bertz CT molecular complexity index is 840. The molecule has 0 saturated heterocycles. The minimum atomic E-state index is 0.432. The lowest BCUT2D eigenvalue weighted by Gasteiger charge is -2.07. The van der Waals surface area contributed by atoms with Gasteiger partial charge in [0.15, 0.2) is 0 Å². The lowest BCUT2D eigenvalue weighted by Crippen LogP contribution is -1.98. The molecule has 138 valence electrons. The highest BCUT2D eigenvalue weighted by Gasteiger charge is 2.16. The summed E-state index contributed by atoms with van der Waals surface area (Å²) in [5, 5.41) is 9.56. The SMILES string of the molecule is C/C=C/C=C\C(=N)c1sc2ccccc2c1C(C)C.C=C(C)C=C(C)C. The van der Waals surface area contributed by atoms with E-state index < -0.39 is 0 Å². The molecule has 0 unspecified atom stereocenters. The molecule has 0 amide bonds. The van der Waals surface area contributed by atoms with Gasteiger partial charge in [-0.05, 0) is 56.7 Å². The molecule has 0 fully saturated rings. The van der Waals surface area contributed by atoms with Gasteiger partial charge in [0.25, 0.3) is 0 Å². The van der Waals surface area contributed by atoms with Crippen molar-refractivity contribution in [1.82, 2.24) is 0 Å². The number of nitrogens with one attached hydrogen (secondary N) is 1. The monoisotopic (exact) mass is 365 g/mol. The van der Waals surface area contributed by atoms with E-state index in [2.05, 4.69) is 64.6 Å². The smallest absolute Gasteiger partial charge is 0.0715 e. The van der Waals surface area contributed by atoms with Crippen LogP contribution in [0.2, 0.25) is 0 Å². The van der Waals surface area contributed by atoms with E-state index in [-0.39, 0.29) is 0 Å². The number of rotatable bonds is 5. The second kappa shape index (κ2) is 10.7. The summed E-state index contributed by atoms with van der Waals surface area (Å²) in [4.78, 5) is 1.09. The van der Waals surface area contributed by atoms with Crippen LogP contribution >= 0.6 is 11.3 Å². The fraction of sp³-hybridized carbons (Fsp3) is 0.292. The van der Waals surface area contributed by atoms with Gasteiger partial charge in [0, 0.05) is 4.70 Å². The predicted octanol–water partition coefficient (Wildman–Crippen LogP) is 8.05. The third-order valence-electron chi connectivity index (χ3n) is 3.56. The first kappa shape index (κ1) is 21.9. The van der Waals surface area contributed by atoms with E-state index in [1.54, 1.807) is 11.3 Å². The minimum Gasteiger partial charge on any atom is -0.299 e. The Kier molecular flexibility index (Phi) is 9.01. The first-order valence-electron chi connectivity index (χ1n) is 8.98. The highest BCUT2D eigenvalue weighted by molar-refractivity contribution is 7.21. The summed E-state index contributed by atoms with van der Waals surface area (Å²) < 4.78 is 1.27. The number of hydrogen-bond acceptors (Lipinski definition) is 2. The molecule has 1 aromatic heterocycles. The van der Waals surface area contributed by atoms with Crippen LogP contribution in [0.3, 0.4) is 0 Å². The van der Waals surface area contributed by atoms with Crippen LogP contribution in [0.5, 0.6) is 0 Å². The molecule has 0 radical (unpaired) electrons. The molecule has 2 heteroatoms. The zero-order chi connectivity index (χ0) is 19.7. The number of hydrogen-bond donors (Lipinski definition) is 1. The van der Waals surface area contributed by atoms with E-state index in [4.69, 9.17) is 5.41 Å². The van der Waals surface area contributed by atoms with Crippen molar-refractivity contribution in [3.63, 3.8) is 0 Å². The predicted molar refractivity (Wildman–Crippen MR) is 121 cm³/mol. The van der Waals surface area contributed by atoms with Gasteiger partial charge in [0.05, 0.1) is 10.6 Å². The van der Waals surface area contributed by atoms with Crippen LogP contribution in [0.25, 0.3) is 10.1 Å². The van der Waals surface area contributed by atoms with Gasteiger partial charge in [-0.25, -0.2) is 0 Å². The van der Waals surface area contributed by atoms with Crippen molar-refractivity contribution in [3.8, 4) is 0 Å². The van der Waals surface area contributed by atoms with Crippen molar-refractivity contribution >= 4 is 27.1 Å². The van der Waals surface area contributed by atoms with Gasteiger partial charge in [-0.1, -0.05) is 74.1 Å². The second-order valence-corrected chi connectivity index (χ2v) is 7.91. The van der Waals surface area contributed by atoms with Crippen LogP contribution in [-0.4, -0.2) is 5.71 Å². The normalized spacial score (nSPS) is 11.0. The average molecular weight is 366 g/mol. The van der Waals surface area contributed by atoms with Crippen LogP contribution < -0.4 is 0 Å². The Morgan fingerprint density at radius 2 is 1.77 bits per heavy atom. The number of fused-ring (bicyclic) bond motifs is 1. The molecule has 0 atom stereocenters. The summed E-state index contributed by atoms with van der Waals surface area (Å²) in [6.45, 7) is 16.2. The first-order valence-corrected chi connectivity index (χ1v) is 9.79. The van der Waals surface area contributed by atoms with Crippen molar-refractivity contribution < 1.29 is 0 Å². The van der Waals surface area contributed by atoms with Crippen molar-refractivity contribution in [2.24, 2.45) is 0 Å². The van der Waals surface area contributed by atoms with Gasteiger partial charge < -0.3 is 0 Å². The van der Waals surface area contributed by atoms with Gasteiger partial charge >= 0.3 is 0 Å². The quantitative estimate of drug-likeness (QED) is 0.409. The van der Waals surface area contributed by atoms with E-state index in [9.17, 15) is 0 Å². The lowest BCUT2D eigenvalue weighted by molar-refractivity contribution is 0.878. The summed E-state index contributed by atoms with van der Waals surface area (Å²) in [7, 11) is 0. The highest BCUT2D eigenvalue weighted by atomic mass is 32.1. The largest absolute Gasteiger partial charge is 0.299 e. The van der Waals surface area contributed by atoms with Gasteiger partial charge in [-0.15, -0.1) is 11.3 Å². The maximum atomic E-state index is 8.26.